The van der Waals surface area contributed by atoms with E-state index in [-0.39, 0.29) is 0 Å². The molecule has 6 heteroatoms. The molecule has 2 aromatic rings. The van der Waals surface area contributed by atoms with Crippen molar-refractivity contribution in [1.29, 1.82) is 10.5 Å². The number of benzene rings is 1. The summed E-state index contributed by atoms with van der Waals surface area (Å²) in [6, 6.07) is 11.6. The van der Waals surface area contributed by atoms with Gasteiger partial charge >= 0.3 is 0 Å². The van der Waals surface area contributed by atoms with E-state index in [9.17, 15) is 5.26 Å². The van der Waals surface area contributed by atoms with Gasteiger partial charge in [0.25, 0.3) is 0 Å². The molecule has 0 fully saturated rings. The SMILES string of the molecule is C=C(Cn1c(C)c(C#N)c(-c2ccc(C#N)cc2)c1C)/N=C\NN. The monoisotopic (exact) mass is 318 g/mol. The molecule has 1 heterocycles. The summed E-state index contributed by atoms with van der Waals surface area (Å²) in [5.41, 5.74) is 7.73. The summed E-state index contributed by atoms with van der Waals surface area (Å²) in [6.07, 6.45) is 1.36. The van der Waals surface area contributed by atoms with E-state index in [1.807, 2.05) is 30.5 Å². The lowest BCUT2D eigenvalue weighted by atomic mass is 10.0. The first kappa shape index (κ1) is 17.0. The van der Waals surface area contributed by atoms with Gasteiger partial charge in [-0.2, -0.15) is 10.5 Å². The van der Waals surface area contributed by atoms with Gasteiger partial charge in [0.2, 0.25) is 0 Å². The first-order chi connectivity index (χ1) is 11.5. The quantitative estimate of drug-likeness (QED) is 0.382. The number of nitrogens with one attached hydrogen (secondary N) is 1. The molecule has 120 valence electrons. The third kappa shape index (κ3) is 3.19. The van der Waals surface area contributed by atoms with Crippen molar-refractivity contribution < 1.29 is 0 Å². The molecular formula is C18H18N6. The molecule has 0 spiro atoms. The van der Waals surface area contributed by atoms with Crippen molar-refractivity contribution in [3.05, 3.63) is 59.1 Å². The van der Waals surface area contributed by atoms with Crippen LogP contribution in [0.3, 0.4) is 0 Å². The normalized spacial score (nSPS) is 10.4. The lowest BCUT2D eigenvalue weighted by molar-refractivity contribution is 0.733. The Balaban J connectivity index is 2.51. The molecule has 6 nitrogen and oxygen atoms in total. The zero-order valence-electron chi connectivity index (χ0n) is 13.7. The summed E-state index contributed by atoms with van der Waals surface area (Å²) in [6.45, 7) is 8.21. The van der Waals surface area contributed by atoms with Gasteiger partial charge in [-0.1, -0.05) is 18.7 Å². The predicted octanol–water partition coefficient (Wildman–Crippen LogP) is 2.52. The summed E-state index contributed by atoms with van der Waals surface area (Å²) in [4.78, 5) is 4.08. The molecule has 24 heavy (non-hydrogen) atoms. The van der Waals surface area contributed by atoms with E-state index in [1.54, 1.807) is 12.1 Å². The van der Waals surface area contributed by atoms with E-state index in [1.165, 1.54) is 6.34 Å². The summed E-state index contributed by atoms with van der Waals surface area (Å²) in [5.74, 6) is 5.17. The zero-order chi connectivity index (χ0) is 17.7. The fourth-order valence-corrected chi connectivity index (χ4v) is 2.67. The van der Waals surface area contributed by atoms with Gasteiger partial charge in [0.1, 0.15) is 12.4 Å². The van der Waals surface area contributed by atoms with Crippen molar-refractivity contribution in [3.63, 3.8) is 0 Å². The van der Waals surface area contributed by atoms with Crippen LogP contribution in [0.2, 0.25) is 0 Å². The first-order valence-corrected chi connectivity index (χ1v) is 7.30. The molecule has 0 unspecified atom stereocenters. The number of hydrogen-bond acceptors (Lipinski definition) is 4. The Morgan fingerprint density at radius 1 is 1.25 bits per heavy atom. The molecule has 0 radical (unpaired) electrons. The van der Waals surface area contributed by atoms with Crippen molar-refractivity contribution in [2.45, 2.75) is 20.4 Å². The summed E-state index contributed by atoms with van der Waals surface area (Å²) in [5, 5.41) is 18.5. The summed E-state index contributed by atoms with van der Waals surface area (Å²) >= 11 is 0. The second-order valence-corrected chi connectivity index (χ2v) is 5.30. The minimum atomic E-state index is 0.459. The molecule has 0 aliphatic carbocycles. The Kier molecular flexibility index (Phi) is 5.16. The highest BCUT2D eigenvalue weighted by atomic mass is 15.2. The van der Waals surface area contributed by atoms with Crippen molar-refractivity contribution in [2.24, 2.45) is 10.8 Å². The largest absolute Gasteiger partial charge is 0.341 e. The van der Waals surface area contributed by atoms with E-state index >= 15 is 0 Å². The lowest BCUT2D eigenvalue weighted by Gasteiger charge is -2.09. The smallest absolute Gasteiger partial charge is 0.102 e. The standard InChI is InChI=1S/C18H18N6/c1-12(22-11-23-21)10-24-13(2)17(9-20)18(14(24)3)16-6-4-15(8-19)5-7-16/h4-7,11H,1,10,21H2,2-3H3,(H,22,23). The van der Waals surface area contributed by atoms with E-state index in [2.05, 4.69) is 29.1 Å². The number of hydrazine groups is 1. The topological polar surface area (TPSA) is 103 Å². The average Bonchev–Trinajstić information content (AvgIpc) is 2.84. The van der Waals surface area contributed by atoms with Gasteiger partial charge < -0.3 is 9.99 Å². The van der Waals surface area contributed by atoms with Crippen molar-refractivity contribution in [2.75, 3.05) is 0 Å². The molecule has 3 N–H and O–H groups in total. The maximum absolute atomic E-state index is 9.58. The summed E-state index contributed by atoms with van der Waals surface area (Å²) < 4.78 is 2.00. The highest BCUT2D eigenvalue weighted by Gasteiger charge is 2.19. The fraction of sp³-hybridized carbons (Fsp3) is 0.167. The van der Waals surface area contributed by atoms with E-state index in [0.717, 1.165) is 22.5 Å². The van der Waals surface area contributed by atoms with Gasteiger partial charge in [-0.05, 0) is 31.5 Å². The summed E-state index contributed by atoms with van der Waals surface area (Å²) in [7, 11) is 0. The van der Waals surface area contributed by atoms with Gasteiger partial charge in [-0.25, -0.2) is 10.8 Å². The van der Waals surface area contributed by atoms with Crippen LogP contribution in [0.5, 0.6) is 0 Å². The van der Waals surface area contributed by atoms with Crippen LogP contribution in [-0.2, 0) is 6.54 Å². The van der Waals surface area contributed by atoms with Gasteiger partial charge in [-0.15, -0.1) is 0 Å². The number of allylic oxidation sites excluding steroid dienone is 1. The average molecular weight is 318 g/mol. The number of aliphatic imine (C=N–C) groups is 1. The van der Waals surface area contributed by atoms with Gasteiger partial charge in [-0.3, -0.25) is 0 Å². The molecule has 1 aromatic carbocycles. The van der Waals surface area contributed by atoms with Gasteiger partial charge in [0, 0.05) is 17.0 Å². The van der Waals surface area contributed by atoms with Crippen LogP contribution in [0.25, 0.3) is 11.1 Å². The van der Waals surface area contributed by atoms with Crippen LogP contribution in [0.4, 0.5) is 0 Å². The second-order valence-electron chi connectivity index (χ2n) is 5.30. The molecule has 0 aliphatic heterocycles. The van der Waals surface area contributed by atoms with Crippen LogP contribution in [0, 0.1) is 36.5 Å². The Hall–Kier alpha value is -3.35. The molecular weight excluding hydrogens is 300 g/mol. The Morgan fingerprint density at radius 2 is 1.92 bits per heavy atom. The highest BCUT2D eigenvalue weighted by molar-refractivity contribution is 5.75. The third-order valence-electron chi connectivity index (χ3n) is 3.86. The minimum Gasteiger partial charge on any atom is -0.341 e. The van der Waals surface area contributed by atoms with Crippen LogP contribution >= 0.6 is 0 Å². The number of nitrogens with zero attached hydrogens (tertiary/aromatic N) is 4. The molecule has 0 saturated heterocycles. The van der Waals surface area contributed by atoms with Crippen LogP contribution in [-0.4, -0.2) is 10.9 Å². The molecule has 1 aromatic heterocycles. The Bertz CT molecular complexity index is 872. The van der Waals surface area contributed by atoms with Gasteiger partial charge in [0.15, 0.2) is 0 Å². The lowest BCUT2D eigenvalue weighted by Crippen LogP contribution is -2.19. The first-order valence-electron chi connectivity index (χ1n) is 7.30. The third-order valence-corrected chi connectivity index (χ3v) is 3.86. The Labute approximate surface area is 141 Å². The predicted molar refractivity (Wildman–Crippen MR) is 93.7 cm³/mol. The van der Waals surface area contributed by atoms with E-state index in [0.29, 0.717) is 23.4 Å². The second kappa shape index (κ2) is 7.28. The van der Waals surface area contributed by atoms with Crippen LogP contribution in [0.15, 0.2) is 41.5 Å². The molecule has 0 bridgehead atoms. The molecule has 0 amide bonds. The molecule has 0 saturated carbocycles. The fourth-order valence-electron chi connectivity index (χ4n) is 2.67. The van der Waals surface area contributed by atoms with Gasteiger partial charge in [0.05, 0.1) is 29.4 Å². The van der Waals surface area contributed by atoms with E-state index < -0.39 is 0 Å². The number of nitrogens with two attached hydrogens (primary N) is 1. The molecule has 0 atom stereocenters. The number of hydrogen-bond donors (Lipinski definition) is 2. The maximum Gasteiger partial charge on any atom is 0.102 e. The van der Waals surface area contributed by atoms with Crippen LogP contribution < -0.4 is 11.3 Å². The number of nitriles is 2. The maximum atomic E-state index is 9.58. The van der Waals surface area contributed by atoms with Crippen molar-refractivity contribution in [1.82, 2.24) is 9.99 Å². The minimum absolute atomic E-state index is 0.459. The molecule has 0 aliphatic rings. The van der Waals surface area contributed by atoms with Crippen molar-refractivity contribution >= 4 is 6.34 Å². The van der Waals surface area contributed by atoms with E-state index in [4.69, 9.17) is 11.1 Å². The van der Waals surface area contributed by atoms with Crippen LogP contribution in [0.1, 0.15) is 22.5 Å². The number of aromatic nitrogens is 1. The highest BCUT2D eigenvalue weighted by Crippen LogP contribution is 2.32. The molecule has 2 rings (SSSR count). The Morgan fingerprint density at radius 3 is 2.46 bits per heavy atom. The van der Waals surface area contributed by atoms with Crippen molar-refractivity contribution in [3.8, 4) is 23.3 Å². The zero-order valence-corrected chi connectivity index (χ0v) is 13.7. The number of rotatable bonds is 5.